The van der Waals surface area contributed by atoms with Crippen LogP contribution in [-0.4, -0.2) is 15.4 Å². The minimum atomic E-state index is 0.255. The van der Waals surface area contributed by atoms with Gasteiger partial charge in [0.05, 0.1) is 11.7 Å². The summed E-state index contributed by atoms with van der Waals surface area (Å²) >= 11 is 1.10. The van der Waals surface area contributed by atoms with Crippen LogP contribution in [0.2, 0.25) is 0 Å². The summed E-state index contributed by atoms with van der Waals surface area (Å²) in [6, 6.07) is 0. The first-order chi connectivity index (χ1) is 4.43. The molecular weight excluding hydrogens is 136 g/mol. The van der Waals surface area contributed by atoms with E-state index in [-0.39, 0.29) is 6.61 Å². The Morgan fingerprint density at radius 1 is 1.89 bits per heavy atom. The molecule has 46 valence electrons. The Morgan fingerprint density at radius 2 is 2.78 bits per heavy atom. The molecule has 1 heterocycles. The van der Waals surface area contributed by atoms with Crippen molar-refractivity contribution in [1.29, 1.82) is 0 Å². The van der Waals surface area contributed by atoms with Gasteiger partial charge in [0.15, 0.2) is 6.61 Å². The van der Waals surface area contributed by atoms with Crippen LogP contribution in [-0.2, 0) is 0 Å². The third-order valence-corrected chi connectivity index (χ3v) is 1.11. The van der Waals surface area contributed by atoms with Crippen molar-refractivity contribution in [1.82, 2.24) is 8.75 Å². The molecule has 3 nitrogen and oxygen atoms in total. The number of hydrogen-bond acceptors (Lipinski definition) is 4. The number of terminal acetylenes is 1. The van der Waals surface area contributed by atoms with Crippen LogP contribution in [0.4, 0.5) is 0 Å². The summed E-state index contributed by atoms with van der Waals surface area (Å²) in [6.07, 6.45) is 6.46. The van der Waals surface area contributed by atoms with Crippen molar-refractivity contribution in [3.63, 3.8) is 0 Å². The van der Waals surface area contributed by atoms with Gasteiger partial charge in [-0.25, -0.2) is 0 Å². The summed E-state index contributed by atoms with van der Waals surface area (Å²) < 4.78 is 12.4. The molecule has 0 bridgehead atoms. The molecule has 0 aliphatic heterocycles. The smallest absolute Gasteiger partial charge is 0.246 e. The van der Waals surface area contributed by atoms with Crippen LogP contribution in [0.15, 0.2) is 6.20 Å². The zero-order valence-corrected chi connectivity index (χ0v) is 5.39. The lowest BCUT2D eigenvalue weighted by molar-refractivity contribution is 0.359. The maximum atomic E-state index is 4.93. The molecule has 0 aliphatic carbocycles. The second-order valence-electron chi connectivity index (χ2n) is 1.24. The molecule has 1 aromatic rings. The molecule has 0 spiro atoms. The zero-order chi connectivity index (χ0) is 6.53. The predicted molar refractivity (Wildman–Crippen MR) is 34.2 cm³/mol. The van der Waals surface area contributed by atoms with E-state index < -0.39 is 0 Å². The molecule has 0 radical (unpaired) electrons. The minimum Gasteiger partial charge on any atom is -0.463 e. The lowest BCUT2D eigenvalue weighted by atomic mass is 10.7. The first-order valence-corrected chi connectivity index (χ1v) is 3.00. The minimum absolute atomic E-state index is 0.255. The number of nitrogens with zero attached hydrogens (tertiary/aromatic N) is 2. The first-order valence-electron chi connectivity index (χ1n) is 2.27. The fourth-order valence-electron chi connectivity index (χ4n) is 0.335. The van der Waals surface area contributed by atoms with Gasteiger partial charge < -0.3 is 4.74 Å². The van der Waals surface area contributed by atoms with Gasteiger partial charge in [-0.15, -0.1) is 10.8 Å². The van der Waals surface area contributed by atoms with E-state index in [2.05, 4.69) is 14.7 Å². The summed E-state index contributed by atoms with van der Waals surface area (Å²) in [5.41, 5.74) is 0. The second-order valence-corrected chi connectivity index (χ2v) is 1.80. The van der Waals surface area contributed by atoms with Crippen molar-refractivity contribution in [2.24, 2.45) is 0 Å². The second kappa shape index (κ2) is 3.05. The van der Waals surface area contributed by atoms with E-state index in [9.17, 15) is 0 Å². The highest BCUT2D eigenvalue weighted by Crippen LogP contribution is 2.03. The van der Waals surface area contributed by atoms with Gasteiger partial charge in [-0.2, -0.15) is 4.37 Å². The maximum Gasteiger partial charge on any atom is 0.246 e. The van der Waals surface area contributed by atoms with E-state index in [1.807, 2.05) is 0 Å². The molecule has 0 aliphatic rings. The summed E-state index contributed by atoms with van der Waals surface area (Å²) in [7, 11) is 0. The highest BCUT2D eigenvalue weighted by atomic mass is 32.1. The van der Waals surface area contributed by atoms with E-state index in [0.29, 0.717) is 5.88 Å². The highest BCUT2D eigenvalue weighted by Gasteiger charge is 1.91. The molecule has 0 fully saturated rings. The van der Waals surface area contributed by atoms with Gasteiger partial charge in [-0.1, -0.05) is 5.92 Å². The Morgan fingerprint density at radius 3 is 3.33 bits per heavy atom. The number of rotatable bonds is 2. The molecule has 0 N–H and O–H groups in total. The van der Waals surface area contributed by atoms with E-state index >= 15 is 0 Å². The molecule has 1 aromatic heterocycles. The van der Waals surface area contributed by atoms with Crippen molar-refractivity contribution < 1.29 is 4.74 Å². The molecular formula is C5H4N2OS. The maximum absolute atomic E-state index is 4.93. The third kappa shape index (κ3) is 1.70. The summed E-state index contributed by atoms with van der Waals surface area (Å²) in [5, 5.41) is 0. The Hall–Kier alpha value is -1.08. The van der Waals surface area contributed by atoms with E-state index in [4.69, 9.17) is 11.2 Å². The van der Waals surface area contributed by atoms with E-state index in [1.54, 1.807) is 0 Å². The Labute approximate surface area is 57.0 Å². The van der Waals surface area contributed by atoms with Crippen LogP contribution in [0.3, 0.4) is 0 Å². The van der Waals surface area contributed by atoms with Gasteiger partial charge in [0.2, 0.25) is 5.88 Å². The van der Waals surface area contributed by atoms with Gasteiger partial charge >= 0.3 is 0 Å². The molecule has 4 heteroatoms. The summed E-state index contributed by atoms with van der Waals surface area (Å²) in [6.45, 7) is 0.255. The van der Waals surface area contributed by atoms with Crippen LogP contribution < -0.4 is 4.74 Å². The van der Waals surface area contributed by atoms with Gasteiger partial charge in [0, 0.05) is 0 Å². The first kappa shape index (κ1) is 6.05. The molecule has 0 amide bonds. The molecule has 9 heavy (non-hydrogen) atoms. The van der Waals surface area contributed by atoms with Crippen LogP contribution >= 0.6 is 11.7 Å². The van der Waals surface area contributed by atoms with Gasteiger partial charge in [0.25, 0.3) is 0 Å². The summed E-state index contributed by atoms with van der Waals surface area (Å²) in [4.78, 5) is 0. The Balaban J connectivity index is 2.41. The Bertz CT molecular complexity index is 201. The summed E-state index contributed by atoms with van der Waals surface area (Å²) in [5.74, 6) is 2.82. The fraction of sp³-hybridized carbons (Fsp3) is 0.200. The quantitative estimate of drug-likeness (QED) is 0.563. The topological polar surface area (TPSA) is 35.0 Å². The molecule has 0 atom stereocenters. The van der Waals surface area contributed by atoms with Crippen LogP contribution in [0, 0.1) is 12.3 Å². The van der Waals surface area contributed by atoms with Crippen molar-refractivity contribution in [2.45, 2.75) is 0 Å². The predicted octanol–water partition coefficient (Wildman–Crippen LogP) is 0.550. The number of aromatic nitrogens is 2. The van der Waals surface area contributed by atoms with E-state index in [1.165, 1.54) is 6.20 Å². The van der Waals surface area contributed by atoms with Crippen LogP contribution in [0.25, 0.3) is 0 Å². The average Bonchev–Trinajstić information content (AvgIpc) is 2.34. The van der Waals surface area contributed by atoms with E-state index in [0.717, 1.165) is 11.7 Å². The van der Waals surface area contributed by atoms with Crippen molar-refractivity contribution in [3.8, 4) is 18.2 Å². The molecule has 0 saturated carbocycles. The van der Waals surface area contributed by atoms with Crippen molar-refractivity contribution in [2.75, 3.05) is 6.61 Å². The standard InChI is InChI=1S/C5H4N2OS/c1-2-3-8-5-4-6-9-7-5/h1,4H,3H2. The van der Waals surface area contributed by atoms with Gasteiger partial charge in [-0.05, 0) is 0 Å². The molecule has 0 aromatic carbocycles. The normalized spacial score (nSPS) is 8.33. The Kier molecular flexibility index (Phi) is 2.05. The highest BCUT2D eigenvalue weighted by molar-refractivity contribution is 6.99. The molecule has 0 unspecified atom stereocenters. The van der Waals surface area contributed by atoms with Crippen molar-refractivity contribution in [3.05, 3.63) is 6.20 Å². The van der Waals surface area contributed by atoms with Crippen LogP contribution in [0.5, 0.6) is 5.88 Å². The third-order valence-electron chi connectivity index (χ3n) is 0.644. The zero-order valence-electron chi connectivity index (χ0n) is 4.57. The lowest BCUT2D eigenvalue weighted by Gasteiger charge is -1.90. The monoisotopic (exact) mass is 140 g/mol. The van der Waals surface area contributed by atoms with Crippen LogP contribution in [0.1, 0.15) is 0 Å². The SMILES string of the molecule is C#CCOc1cnsn1. The van der Waals surface area contributed by atoms with Crippen molar-refractivity contribution >= 4 is 11.7 Å². The molecule has 1 rings (SSSR count). The number of hydrogen-bond donors (Lipinski definition) is 0. The average molecular weight is 140 g/mol. The largest absolute Gasteiger partial charge is 0.463 e. The fourth-order valence-corrected chi connectivity index (χ4v) is 0.700. The van der Waals surface area contributed by atoms with Gasteiger partial charge in [0.1, 0.15) is 6.20 Å². The van der Waals surface area contributed by atoms with Gasteiger partial charge in [-0.3, -0.25) is 0 Å². The lowest BCUT2D eigenvalue weighted by Crippen LogP contribution is -1.92. The number of ether oxygens (including phenoxy) is 1. The molecule has 0 saturated heterocycles.